The third-order valence-corrected chi connectivity index (χ3v) is 7.21. The maximum Gasteiger partial charge on any atom is 0.456 e. The Bertz CT molecular complexity index is 1230. The number of alkyl halides is 5. The second-order valence-corrected chi connectivity index (χ2v) is 9.43. The van der Waals surface area contributed by atoms with Gasteiger partial charge in [0.05, 0.1) is 16.1 Å². The number of amides is 1. The second-order valence-electron chi connectivity index (χ2n) is 9.02. The van der Waals surface area contributed by atoms with Crippen LogP contribution in [-0.2, 0) is 4.79 Å². The molecule has 1 fully saturated rings. The lowest BCUT2D eigenvalue weighted by atomic mass is 9.70. The fraction of sp³-hybridized carbons (Fsp3) is 0.375. The minimum Gasteiger partial charge on any atom is -0.509 e. The van der Waals surface area contributed by atoms with E-state index < -0.39 is 66.4 Å². The van der Waals surface area contributed by atoms with Crippen LogP contribution in [-0.4, -0.2) is 39.4 Å². The maximum atomic E-state index is 13.9. The first-order valence-corrected chi connectivity index (χ1v) is 11.0. The lowest BCUT2D eigenvalue weighted by Crippen LogP contribution is -2.62. The number of benzene rings is 2. The van der Waals surface area contributed by atoms with Gasteiger partial charge in [0, 0.05) is 0 Å². The summed E-state index contributed by atoms with van der Waals surface area (Å²) in [6, 6.07) is 8.97. The highest BCUT2D eigenvalue weighted by atomic mass is 35.5. The Labute approximate surface area is 201 Å². The van der Waals surface area contributed by atoms with Crippen LogP contribution >= 0.6 is 11.6 Å². The molecule has 0 aromatic heterocycles. The monoisotopic (exact) mass is 519 g/mol. The quantitative estimate of drug-likeness (QED) is 0.430. The maximum absolute atomic E-state index is 13.9. The molecule has 1 aliphatic heterocycles. The van der Waals surface area contributed by atoms with Crippen molar-refractivity contribution in [2.45, 2.75) is 55.8 Å². The standard InChI is InChI=1S/C24H20ClF6NO3/c1-12-2-3-13(14-4-5-16(25)17(26)11-14)10-15(12)18-19(33)21(32-20(18)34)6-8-22(35,9-7-21)23(27,28)24(29,30)31/h2-5,10-11,33,35H,6-9H2,1H3,(H,32,34)/t21-,22+. The van der Waals surface area contributed by atoms with Crippen molar-refractivity contribution in [1.82, 2.24) is 5.32 Å². The smallest absolute Gasteiger partial charge is 0.456 e. The van der Waals surface area contributed by atoms with Crippen LogP contribution < -0.4 is 5.32 Å². The fourth-order valence-electron chi connectivity index (χ4n) is 4.71. The predicted octanol–water partition coefficient (Wildman–Crippen LogP) is 6.09. The third kappa shape index (κ3) is 3.96. The zero-order valence-corrected chi connectivity index (χ0v) is 19.0. The molecular formula is C24H20ClF6NO3. The van der Waals surface area contributed by atoms with Crippen LogP contribution in [0.2, 0.25) is 5.02 Å². The minimum atomic E-state index is -5.95. The molecule has 0 unspecified atom stereocenters. The van der Waals surface area contributed by atoms with Crippen LogP contribution in [0.4, 0.5) is 26.3 Å². The molecule has 0 saturated heterocycles. The Balaban J connectivity index is 1.70. The average molecular weight is 520 g/mol. The minimum absolute atomic E-state index is 0.0769. The normalized spacial score (nSPS) is 25.3. The van der Waals surface area contributed by atoms with Crippen LogP contribution in [0.25, 0.3) is 16.7 Å². The molecule has 1 saturated carbocycles. The molecule has 2 aliphatic rings. The predicted molar refractivity (Wildman–Crippen MR) is 116 cm³/mol. The van der Waals surface area contributed by atoms with E-state index in [4.69, 9.17) is 11.6 Å². The summed E-state index contributed by atoms with van der Waals surface area (Å²) < 4.78 is 80.4. The molecule has 1 aliphatic carbocycles. The second kappa shape index (κ2) is 8.16. The summed E-state index contributed by atoms with van der Waals surface area (Å²) in [5, 5.41) is 23.6. The van der Waals surface area contributed by atoms with E-state index in [-0.39, 0.29) is 16.2 Å². The first-order chi connectivity index (χ1) is 16.1. The molecule has 2 aromatic rings. The van der Waals surface area contributed by atoms with Gasteiger partial charge < -0.3 is 15.5 Å². The van der Waals surface area contributed by atoms with Crippen molar-refractivity contribution in [2.75, 3.05) is 0 Å². The zero-order chi connectivity index (χ0) is 26.0. The largest absolute Gasteiger partial charge is 0.509 e. The number of carbonyl (C=O) groups is 1. The third-order valence-electron chi connectivity index (χ3n) is 6.90. The van der Waals surface area contributed by atoms with Gasteiger partial charge in [-0.1, -0.05) is 29.8 Å². The van der Waals surface area contributed by atoms with Crippen molar-refractivity contribution < 1.29 is 41.4 Å². The number of aliphatic hydroxyl groups is 2. The Hall–Kier alpha value is -2.72. The number of halogens is 7. The van der Waals surface area contributed by atoms with Gasteiger partial charge in [-0.15, -0.1) is 0 Å². The van der Waals surface area contributed by atoms with Crippen molar-refractivity contribution in [3.63, 3.8) is 0 Å². The van der Waals surface area contributed by atoms with E-state index in [2.05, 4.69) is 5.32 Å². The van der Waals surface area contributed by atoms with E-state index in [9.17, 15) is 41.4 Å². The lowest BCUT2D eigenvalue weighted by molar-refractivity contribution is -0.347. The Morgan fingerprint density at radius 1 is 0.971 bits per heavy atom. The number of hydrogen-bond acceptors (Lipinski definition) is 3. The first kappa shape index (κ1) is 25.4. The van der Waals surface area contributed by atoms with Crippen molar-refractivity contribution in [1.29, 1.82) is 0 Å². The molecule has 1 spiro atoms. The summed E-state index contributed by atoms with van der Waals surface area (Å²) in [6.07, 6.45) is -9.01. The lowest BCUT2D eigenvalue weighted by Gasteiger charge is -2.45. The summed E-state index contributed by atoms with van der Waals surface area (Å²) in [6.45, 7) is 1.66. The van der Waals surface area contributed by atoms with Gasteiger partial charge in [-0.05, 0) is 73.1 Å². The molecule has 0 bridgehead atoms. The summed E-state index contributed by atoms with van der Waals surface area (Å²) in [4.78, 5) is 12.9. The van der Waals surface area contributed by atoms with E-state index >= 15 is 0 Å². The molecule has 0 radical (unpaired) electrons. The molecule has 35 heavy (non-hydrogen) atoms. The Morgan fingerprint density at radius 2 is 1.54 bits per heavy atom. The molecule has 4 rings (SSSR count). The molecule has 2 aromatic carbocycles. The van der Waals surface area contributed by atoms with Crippen molar-refractivity contribution in [3.8, 4) is 11.1 Å². The van der Waals surface area contributed by atoms with Crippen molar-refractivity contribution in [2.24, 2.45) is 0 Å². The van der Waals surface area contributed by atoms with E-state index in [1.54, 1.807) is 31.2 Å². The van der Waals surface area contributed by atoms with Crippen molar-refractivity contribution >= 4 is 23.1 Å². The molecule has 4 nitrogen and oxygen atoms in total. The van der Waals surface area contributed by atoms with Gasteiger partial charge in [0.15, 0.2) is 0 Å². The first-order valence-electron chi connectivity index (χ1n) is 10.6. The molecule has 1 heterocycles. The van der Waals surface area contributed by atoms with Crippen LogP contribution in [0.5, 0.6) is 0 Å². The number of nitrogens with one attached hydrogen (secondary N) is 1. The van der Waals surface area contributed by atoms with Crippen LogP contribution in [0.1, 0.15) is 36.8 Å². The summed E-state index contributed by atoms with van der Waals surface area (Å²) in [5.41, 5.74) is -3.32. The summed E-state index contributed by atoms with van der Waals surface area (Å²) >= 11 is 5.73. The topological polar surface area (TPSA) is 69.6 Å². The van der Waals surface area contributed by atoms with Gasteiger partial charge in [-0.3, -0.25) is 4.79 Å². The molecule has 0 atom stereocenters. The average Bonchev–Trinajstić information content (AvgIpc) is 3.01. The highest BCUT2D eigenvalue weighted by molar-refractivity contribution is 6.30. The van der Waals surface area contributed by atoms with E-state index in [1.807, 2.05) is 0 Å². The zero-order valence-electron chi connectivity index (χ0n) is 18.2. The number of aryl methyl sites for hydroxylation is 1. The molecular weight excluding hydrogens is 500 g/mol. The molecule has 11 heteroatoms. The number of carbonyl (C=O) groups excluding carboxylic acids is 1. The van der Waals surface area contributed by atoms with E-state index in [0.29, 0.717) is 16.7 Å². The van der Waals surface area contributed by atoms with Crippen LogP contribution in [0.3, 0.4) is 0 Å². The Kier molecular flexibility index (Phi) is 5.92. The van der Waals surface area contributed by atoms with E-state index in [1.165, 1.54) is 12.1 Å². The van der Waals surface area contributed by atoms with Gasteiger partial charge >= 0.3 is 12.1 Å². The Morgan fingerprint density at radius 3 is 2.11 bits per heavy atom. The SMILES string of the molecule is Cc1ccc(-c2ccc(Cl)c(F)c2)cc1C1=C(O)[C@]2(CC[C@@](O)(C(F)(F)C(F)(F)F)CC2)NC1=O. The highest BCUT2D eigenvalue weighted by Crippen LogP contribution is 2.53. The van der Waals surface area contributed by atoms with Crippen LogP contribution in [0.15, 0.2) is 42.2 Å². The van der Waals surface area contributed by atoms with Gasteiger partial charge in [0.1, 0.15) is 17.2 Å². The van der Waals surface area contributed by atoms with E-state index in [0.717, 1.165) is 0 Å². The summed E-state index contributed by atoms with van der Waals surface area (Å²) in [5.74, 6) is -7.25. The fourth-order valence-corrected chi connectivity index (χ4v) is 4.83. The van der Waals surface area contributed by atoms with Crippen molar-refractivity contribution in [3.05, 3.63) is 64.1 Å². The highest BCUT2D eigenvalue weighted by Gasteiger charge is 2.71. The van der Waals surface area contributed by atoms with Gasteiger partial charge in [-0.25, -0.2) is 4.39 Å². The van der Waals surface area contributed by atoms with Crippen LogP contribution in [0, 0.1) is 12.7 Å². The summed E-state index contributed by atoms with van der Waals surface area (Å²) in [7, 11) is 0. The number of rotatable bonds is 3. The number of hydrogen-bond donors (Lipinski definition) is 3. The van der Waals surface area contributed by atoms with Gasteiger partial charge in [0.25, 0.3) is 5.91 Å². The van der Waals surface area contributed by atoms with Gasteiger partial charge in [-0.2, -0.15) is 22.0 Å². The molecule has 1 amide bonds. The molecule has 188 valence electrons. The number of aliphatic hydroxyl groups excluding tert-OH is 1. The van der Waals surface area contributed by atoms with Gasteiger partial charge in [0.2, 0.25) is 0 Å². The molecule has 3 N–H and O–H groups in total.